The topological polar surface area (TPSA) is 75.9 Å². The van der Waals surface area contributed by atoms with Gasteiger partial charge in [-0.3, -0.25) is 9.59 Å². The Balaban J connectivity index is 1.77. The highest BCUT2D eigenvalue weighted by molar-refractivity contribution is 5.95. The Morgan fingerprint density at radius 1 is 1.57 bits per heavy atom. The highest BCUT2D eigenvalue weighted by Crippen LogP contribution is 2.25. The second-order valence-corrected chi connectivity index (χ2v) is 5.26. The molecule has 7 nitrogen and oxygen atoms in total. The molecule has 1 aromatic heterocycles. The number of fused-ring (bicyclic) bond motifs is 1. The molecule has 0 saturated carbocycles. The molecule has 0 spiro atoms. The van der Waals surface area contributed by atoms with Gasteiger partial charge in [-0.15, -0.1) is 6.58 Å². The van der Waals surface area contributed by atoms with Crippen molar-refractivity contribution in [3.63, 3.8) is 0 Å². The van der Waals surface area contributed by atoms with Crippen LogP contribution in [0.3, 0.4) is 0 Å². The fraction of sp³-hybridized carbons (Fsp3) is 0.500. The van der Waals surface area contributed by atoms with E-state index in [1.807, 2.05) is 0 Å². The lowest BCUT2D eigenvalue weighted by molar-refractivity contribution is -0.151. The Morgan fingerprint density at radius 3 is 3.05 bits per heavy atom. The van der Waals surface area contributed by atoms with E-state index in [1.54, 1.807) is 22.8 Å². The van der Waals surface area contributed by atoms with Crippen molar-refractivity contribution in [2.24, 2.45) is 0 Å². The Bertz CT molecular complexity index is 583. The molecule has 0 radical (unpaired) electrons. The molecule has 0 N–H and O–H groups in total. The monoisotopic (exact) mass is 291 g/mol. The minimum Gasteiger partial charge on any atom is -0.364 e. The summed E-state index contributed by atoms with van der Waals surface area (Å²) < 4.78 is 10.5. The number of carbonyl (C=O) groups excluding carboxylic acids is 2. The molecule has 3 rings (SSSR count). The van der Waals surface area contributed by atoms with Crippen LogP contribution in [0, 0.1) is 6.92 Å². The van der Waals surface area contributed by atoms with Gasteiger partial charge in [0.1, 0.15) is 17.9 Å². The molecule has 0 aromatic carbocycles. The molecule has 2 aliphatic heterocycles. The quantitative estimate of drug-likeness (QED) is 0.745. The van der Waals surface area contributed by atoms with Crippen molar-refractivity contribution in [3.8, 4) is 0 Å². The van der Waals surface area contributed by atoms with Gasteiger partial charge in [-0.1, -0.05) is 11.2 Å². The Hall–Kier alpha value is -2.15. The van der Waals surface area contributed by atoms with Gasteiger partial charge in [-0.25, -0.2) is 0 Å². The second-order valence-electron chi connectivity index (χ2n) is 5.26. The average Bonchev–Trinajstić information content (AvgIpc) is 3.07. The maximum absolute atomic E-state index is 12.5. The Morgan fingerprint density at radius 2 is 2.38 bits per heavy atom. The van der Waals surface area contributed by atoms with E-state index < -0.39 is 0 Å². The molecule has 3 heterocycles. The maximum atomic E-state index is 12.5. The summed E-state index contributed by atoms with van der Waals surface area (Å²) in [5, 5.41) is 3.63. The fourth-order valence-corrected chi connectivity index (χ4v) is 2.88. The third-order valence-corrected chi connectivity index (χ3v) is 3.97. The van der Waals surface area contributed by atoms with Gasteiger partial charge in [0.05, 0.1) is 18.3 Å². The van der Waals surface area contributed by atoms with Gasteiger partial charge in [-0.2, -0.15) is 0 Å². The van der Waals surface area contributed by atoms with Crippen LogP contribution in [0.15, 0.2) is 23.4 Å². The predicted octanol–water partition coefficient (Wildman–Crippen LogP) is 0.221. The lowest BCUT2D eigenvalue weighted by Crippen LogP contribution is -2.53. The van der Waals surface area contributed by atoms with E-state index >= 15 is 0 Å². The smallest absolute Gasteiger partial charge is 0.259 e. The number of rotatable bonds is 3. The van der Waals surface area contributed by atoms with Gasteiger partial charge in [0, 0.05) is 19.6 Å². The summed E-state index contributed by atoms with van der Waals surface area (Å²) in [4.78, 5) is 27.8. The van der Waals surface area contributed by atoms with Crippen LogP contribution in [0.2, 0.25) is 0 Å². The van der Waals surface area contributed by atoms with E-state index in [0.717, 1.165) is 0 Å². The van der Waals surface area contributed by atoms with E-state index in [-0.39, 0.29) is 30.6 Å². The van der Waals surface area contributed by atoms with Crippen LogP contribution in [0.4, 0.5) is 0 Å². The molecule has 2 atom stereocenters. The summed E-state index contributed by atoms with van der Waals surface area (Å²) in [6, 6.07) is -0.117. The van der Waals surface area contributed by atoms with Crippen LogP contribution in [0.5, 0.6) is 0 Å². The molecule has 2 fully saturated rings. The first kappa shape index (κ1) is 13.8. The zero-order chi connectivity index (χ0) is 15.0. The van der Waals surface area contributed by atoms with E-state index in [2.05, 4.69) is 11.7 Å². The zero-order valence-electron chi connectivity index (χ0n) is 11.8. The largest absolute Gasteiger partial charge is 0.364 e. The lowest BCUT2D eigenvalue weighted by atomic mass is 10.1. The average molecular weight is 291 g/mol. The highest BCUT2D eigenvalue weighted by atomic mass is 16.5. The summed E-state index contributed by atoms with van der Waals surface area (Å²) in [7, 11) is 0. The summed E-state index contributed by atoms with van der Waals surface area (Å²) in [6.45, 7) is 6.82. The second kappa shape index (κ2) is 5.33. The Labute approximate surface area is 122 Å². The number of aromatic nitrogens is 1. The SMILES string of the molecule is C=CCN1C(=O)COC2CN(C(=O)c3cnoc3C)CC21. The third-order valence-electron chi connectivity index (χ3n) is 3.97. The number of hydrogen-bond donors (Lipinski definition) is 0. The molecule has 2 aliphatic rings. The number of ether oxygens (including phenoxy) is 1. The molecule has 7 heteroatoms. The summed E-state index contributed by atoms with van der Waals surface area (Å²) in [5.74, 6) is 0.291. The molecule has 21 heavy (non-hydrogen) atoms. The van der Waals surface area contributed by atoms with E-state index in [1.165, 1.54) is 6.20 Å². The molecular weight excluding hydrogens is 274 g/mol. The van der Waals surface area contributed by atoms with Crippen molar-refractivity contribution >= 4 is 11.8 Å². The molecular formula is C14H17N3O4. The number of morpholine rings is 1. The van der Waals surface area contributed by atoms with Crippen molar-refractivity contribution < 1.29 is 18.8 Å². The first-order valence-electron chi connectivity index (χ1n) is 6.84. The van der Waals surface area contributed by atoms with Gasteiger partial charge >= 0.3 is 0 Å². The Kier molecular flexibility index (Phi) is 3.50. The maximum Gasteiger partial charge on any atom is 0.259 e. The van der Waals surface area contributed by atoms with Crippen molar-refractivity contribution in [1.82, 2.24) is 15.0 Å². The molecule has 2 saturated heterocycles. The minimum absolute atomic E-state index is 0.0589. The summed E-state index contributed by atoms with van der Waals surface area (Å²) >= 11 is 0. The van der Waals surface area contributed by atoms with Crippen LogP contribution in [0.25, 0.3) is 0 Å². The van der Waals surface area contributed by atoms with Crippen LogP contribution >= 0.6 is 0 Å². The van der Waals surface area contributed by atoms with Crippen molar-refractivity contribution in [2.75, 3.05) is 26.2 Å². The molecule has 0 aliphatic carbocycles. The first-order valence-corrected chi connectivity index (χ1v) is 6.84. The number of likely N-dealkylation sites (tertiary alicyclic amines) is 1. The summed E-state index contributed by atoms with van der Waals surface area (Å²) in [5.41, 5.74) is 0.454. The highest BCUT2D eigenvalue weighted by Gasteiger charge is 2.44. The van der Waals surface area contributed by atoms with Crippen molar-refractivity contribution in [2.45, 2.75) is 19.1 Å². The lowest BCUT2D eigenvalue weighted by Gasteiger charge is -2.35. The summed E-state index contributed by atoms with van der Waals surface area (Å²) in [6.07, 6.45) is 2.97. The fourth-order valence-electron chi connectivity index (χ4n) is 2.88. The van der Waals surface area contributed by atoms with E-state index in [0.29, 0.717) is 31.0 Å². The molecule has 1 aromatic rings. The molecule has 0 bridgehead atoms. The normalized spacial score (nSPS) is 25.1. The van der Waals surface area contributed by atoms with E-state index in [9.17, 15) is 9.59 Å². The van der Waals surface area contributed by atoms with Crippen LogP contribution < -0.4 is 0 Å². The van der Waals surface area contributed by atoms with E-state index in [4.69, 9.17) is 9.26 Å². The van der Waals surface area contributed by atoms with Crippen LogP contribution in [-0.4, -0.2) is 65.2 Å². The number of hydrogen-bond acceptors (Lipinski definition) is 5. The van der Waals surface area contributed by atoms with Gasteiger partial charge in [0.15, 0.2) is 0 Å². The van der Waals surface area contributed by atoms with Gasteiger partial charge < -0.3 is 19.1 Å². The standard InChI is InChI=1S/C14H17N3O4/c1-3-4-17-11-6-16(7-12(11)20-8-13(17)18)14(19)10-5-15-21-9(10)2/h3,5,11-12H,1,4,6-8H2,2H3. The minimum atomic E-state index is -0.147. The number of nitrogens with zero attached hydrogens (tertiary/aromatic N) is 3. The zero-order valence-corrected chi connectivity index (χ0v) is 11.8. The molecule has 112 valence electrons. The molecule has 2 amide bonds. The predicted molar refractivity (Wildman–Crippen MR) is 72.6 cm³/mol. The molecule has 2 unspecified atom stereocenters. The van der Waals surface area contributed by atoms with Gasteiger partial charge in [0.25, 0.3) is 5.91 Å². The number of carbonyl (C=O) groups is 2. The van der Waals surface area contributed by atoms with Gasteiger partial charge in [-0.05, 0) is 6.92 Å². The number of aryl methyl sites for hydroxylation is 1. The first-order chi connectivity index (χ1) is 10.1. The van der Waals surface area contributed by atoms with Crippen LogP contribution in [-0.2, 0) is 9.53 Å². The third kappa shape index (κ3) is 2.33. The van der Waals surface area contributed by atoms with Crippen LogP contribution in [0.1, 0.15) is 16.1 Å². The van der Waals surface area contributed by atoms with Gasteiger partial charge in [0.2, 0.25) is 5.91 Å². The van der Waals surface area contributed by atoms with Crippen molar-refractivity contribution in [1.29, 1.82) is 0 Å². The number of amides is 2. The van der Waals surface area contributed by atoms with Crippen molar-refractivity contribution in [3.05, 3.63) is 30.2 Å².